The van der Waals surface area contributed by atoms with E-state index in [1.807, 2.05) is 4.98 Å². The molecule has 1 aromatic rings. The highest BCUT2D eigenvalue weighted by atomic mass is 16.5. The van der Waals surface area contributed by atoms with Gasteiger partial charge in [0.15, 0.2) is 12.6 Å². The van der Waals surface area contributed by atoms with Crippen LogP contribution in [0.2, 0.25) is 0 Å². The molecule has 0 aliphatic heterocycles. The van der Waals surface area contributed by atoms with Gasteiger partial charge >= 0.3 is 17.1 Å². The van der Waals surface area contributed by atoms with Gasteiger partial charge in [0.25, 0.3) is 0 Å². The quantitative estimate of drug-likeness (QED) is 0.332. The van der Waals surface area contributed by atoms with E-state index in [1.54, 1.807) is 0 Å². The van der Waals surface area contributed by atoms with E-state index in [0.717, 1.165) is 0 Å². The zero-order valence-electron chi connectivity index (χ0n) is 9.89. The van der Waals surface area contributed by atoms with Crippen molar-refractivity contribution in [3.63, 3.8) is 0 Å². The molecule has 1 rings (SSSR count). The summed E-state index contributed by atoms with van der Waals surface area (Å²) in [6, 6.07) is 0. The summed E-state index contributed by atoms with van der Waals surface area (Å²) >= 11 is 0. The second-order valence-corrected chi connectivity index (χ2v) is 3.86. The number of aliphatic hydroxyl groups excluding tert-OH is 2. The molecular weight excluding hydrogens is 262 g/mol. The Morgan fingerprint density at radius 2 is 1.21 bits per heavy atom. The molecule has 1 aromatic heterocycles. The third-order valence-electron chi connectivity index (χ3n) is 2.39. The largest absolute Gasteiger partial charge is 0.368 e. The maximum Gasteiger partial charge on any atom is 0.336 e. The van der Waals surface area contributed by atoms with Crippen molar-refractivity contribution >= 4 is 0 Å². The summed E-state index contributed by atoms with van der Waals surface area (Å²) in [5, 5.41) is 34.8. The lowest BCUT2D eigenvalue weighted by Gasteiger charge is -2.10. The highest BCUT2D eigenvalue weighted by molar-refractivity contribution is 4.74. The second-order valence-electron chi connectivity index (χ2n) is 3.86. The molecule has 108 valence electrons. The van der Waals surface area contributed by atoms with E-state index in [1.165, 1.54) is 0 Å². The Labute approximate surface area is 105 Å². The van der Waals surface area contributed by atoms with Crippen LogP contribution in [0.4, 0.5) is 0 Å². The minimum atomic E-state index is -1.69. The molecule has 5 N–H and O–H groups in total. The number of rotatable bonds is 6. The van der Waals surface area contributed by atoms with Gasteiger partial charge in [-0.1, -0.05) is 0 Å². The summed E-state index contributed by atoms with van der Waals surface area (Å²) in [4.78, 5) is 36.5. The van der Waals surface area contributed by atoms with Gasteiger partial charge in [-0.15, -0.1) is 0 Å². The van der Waals surface area contributed by atoms with Crippen LogP contribution in [0.5, 0.6) is 0 Å². The van der Waals surface area contributed by atoms with Gasteiger partial charge in [-0.3, -0.25) is 4.98 Å². The van der Waals surface area contributed by atoms with Crippen molar-refractivity contribution in [2.75, 3.05) is 0 Å². The first-order chi connectivity index (χ1) is 8.82. The van der Waals surface area contributed by atoms with E-state index in [-0.39, 0.29) is 25.9 Å². The number of nitrogens with one attached hydrogen (secondary N) is 1. The van der Waals surface area contributed by atoms with Crippen LogP contribution in [0.25, 0.3) is 0 Å². The molecule has 19 heavy (non-hydrogen) atoms. The summed E-state index contributed by atoms with van der Waals surface area (Å²) < 4.78 is 1.26. The summed E-state index contributed by atoms with van der Waals surface area (Å²) in [5.74, 6) is 0. The third-order valence-corrected chi connectivity index (χ3v) is 2.39. The summed E-state index contributed by atoms with van der Waals surface area (Å²) in [6.07, 6.45) is -3.90. The smallest absolute Gasteiger partial charge is 0.336 e. The molecule has 0 saturated carbocycles. The molecule has 0 amide bonds. The lowest BCUT2D eigenvalue weighted by Crippen LogP contribution is -2.50. The maximum absolute atomic E-state index is 11.8. The number of hydrogen-bond donors (Lipinski definition) is 5. The molecule has 0 aromatic carbocycles. The minimum Gasteiger partial charge on any atom is -0.368 e. The topological polar surface area (TPSA) is 158 Å². The van der Waals surface area contributed by atoms with Gasteiger partial charge in [-0.2, -0.15) is 0 Å². The van der Waals surface area contributed by atoms with Crippen LogP contribution in [0.3, 0.4) is 0 Å². The molecule has 0 radical (unpaired) electrons. The van der Waals surface area contributed by atoms with E-state index < -0.39 is 29.6 Å². The average Bonchev–Trinajstić information content (AvgIpc) is 2.27. The highest BCUT2D eigenvalue weighted by Gasteiger charge is 2.11. The fraction of sp³-hybridized carbons (Fsp3) is 0.667. The van der Waals surface area contributed by atoms with Gasteiger partial charge in [0.05, 0.1) is 0 Å². The molecule has 10 heteroatoms. The molecular formula is C9H15N3O7. The van der Waals surface area contributed by atoms with Gasteiger partial charge in [0, 0.05) is 25.9 Å². The van der Waals surface area contributed by atoms with Crippen molar-refractivity contribution in [2.45, 2.75) is 38.5 Å². The fourth-order valence-electron chi connectivity index (χ4n) is 1.43. The second kappa shape index (κ2) is 6.43. The van der Waals surface area contributed by atoms with Gasteiger partial charge in [0.2, 0.25) is 0 Å². The third kappa shape index (κ3) is 4.13. The number of hydrogen-bond acceptors (Lipinski definition) is 7. The van der Waals surface area contributed by atoms with E-state index >= 15 is 0 Å². The fourth-order valence-corrected chi connectivity index (χ4v) is 1.43. The van der Waals surface area contributed by atoms with Crippen LogP contribution in [0.1, 0.15) is 12.8 Å². The van der Waals surface area contributed by atoms with Crippen LogP contribution in [0, 0.1) is 0 Å². The SMILES string of the molecule is O=c1[nH]c(=O)n(CCC(O)O)c(=O)n1CCC(O)O. The van der Waals surface area contributed by atoms with Gasteiger partial charge in [-0.25, -0.2) is 23.5 Å². The van der Waals surface area contributed by atoms with E-state index in [9.17, 15) is 14.4 Å². The van der Waals surface area contributed by atoms with E-state index in [4.69, 9.17) is 20.4 Å². The summed E-state index contributed by atoms with van der Waals surface area (Å²) in [5.41, 5.74) is -2.87. The van der Waals surface area contributed by atoms with Gasteiger partial charge in [0.1, 0.15) is 0 Å². The average molecular weight is 277 g/mol. The Morgan fingerprint density at radius 3 is 1.53 bits per heavy atom. The molecule has 0 bridgehead atoms. The number of H-pyrrole nitrogens is 1. The first kappa shape index (κ1) is 15.3. The number of aromatic amines is 1. The molecule has 0 unspecified atom stereocenters. The van der Waals surface area contributed by atoms with E-state index in [0.29, 0.717) is 9.13 Å². The van der Waals surface area contributed by atoms with Crippen molar-refractivity contribution in [3.8, 4) is 0 Å². The Hall–Kier alpha value is -1.75. The van der Waals surface area contributed by atoms with Crippen molar-refractivity contribution in [1.82, 2.24) is 14.1 Å². The van der Waals surface area contributed by atoms with Crippen LogP contribution in [-0.2, 0) is 13.1 Å². The summed E-state index contributed by atoms with van der Waals surface area (Å²) in [7, 11) is 0. The van der Waals surface area contributed by atoms with Gasteiger partial charge < -0.3 is 20.4 Å². The van der Waals surface area contributed by atoms with Crippen molar-refractivity contribution < 1.29 is 20.4 Å². The normalized spacial score (nSPS) is 11.5. The monoisotopic (exact) mass is 277 g/mol. The number of aliphatic hydroxyl groups is 4. The Morgan fingerprint density at radius 1 is 0.842 bits per heavy atom. The first-order valence-electron chi connectivity index (χ1n) is 5.49. The first-order valence-corrected chi connectivity index (χ1v) is 5.49. The molecule has 0 atom stereocenters. The minimum absolute atomic E-state index is 0.260. The van der Waals surface area contributed by atoms with Crippen LogP contribution < -0.4 is 17.1 Å². The molecule has 1 heterocycles. The van der Waals surface area contributed by atoms with Crippen molar-refractivity contribution in [2.24, 2.45) is 0 Å². The molecule has 10 nitrogen and oxygen atoms in total. The Kier molecular flexibility index (Phi) is 5.18. The Bertz CT molecular complexity index is 535. The van der Waals surface area contributed by atoms with Crippen LogP contribution in [0.15, 0.2) is 14.4 Å². The molecule has 0 spiro atoms. The van der Waals surface area contributed by atoms with Crippen LogP contribution in [-0.4, -0.2) is 47.1 Å². The lowest BCUT2D eigenvalue weighted by molar-refractivity contribution is -0.0487. The molecule has 0 aliphatic rings. The Balaban J connectivity index is 3.12. The van der Waals surface area contributed by atoms with Crippen LogP contribution >= 0.6 is 0 Å². The van der Waals surface area contributed by atoms with Crippen molar-refractivity contribution in [3.05, 3.63) is 31.5 Å². The zero-order valence-corrected chi connectivity index (χ0v) is 9.89. The molecule has 0 fully saturated rings. The standard InChI is InChI=1S/C9H15N3O7/c13-5(14)1-3-11-7(17)10-8(18)12(9(11)19)4-2-6(15)16/h5-6,13-16H,1-4H2,(H,10,17,18). The molecule has 0 saturated heterocycles. The number of aromatic nitrogens is 3. The predicted octanol–water partition coefficient (Wildman–Crippen LogP) is -3.90. The van der Waals surface area contributed by atoms with Crippen molar-refractivity contribution in [1.29, 1.82) is 0 Å². The maximum atomic E-state index is 11.8. The number of nitrogens with zero attached hydrogens (tertiary/aromatic N) is 2. The van der Waals surface area contributed by atoms with E-state index in [2.05, 4.69) is 0 Å². The zero-order chi connectivity index (χ0) is 14.6. The van der Waals surface area contributed by atoms with Gasteiger partial charge in [-0.05, 0) is 0 Å². The summed E-state index contributed by atoms with van der Waals surface area (Å²) in [6.45, 7) is -0.568. The lowest BCUT2D eigenvalue weighted by atomic mass is 10.4. The molecule has 0 aliphatic carbocycles. The highest BCUT2D eigenvalue weighted by Crippen LogP contribution is 1.89. The predicted molar refractivity (Wildman–Crippen MR) is 61.3 cm³/mol.